The van der Waals surface area contributed by atoms with Gasteiger partial charge in [0.2, 0.25) is 0 Å². The molecule has 0 heterocycles. The summed E-state index contributed by atoms with van der Waals surface area (Å²) in [5.41, 5.74) is 0.367. The minimum Gasteiger partial charge on any atom is -0.481 e. The van der Waals surface area contributed by atoms with Crippen molar-refractivity contribution in [3.63, 3.8) is 0 Å². The third kappa shape index (κ3) is 17.8. The van der Waals surface area contributed by atoms with E-state index >= 15 is 0 Å². The first-order valence-electron chi connectivity index (χ1n) is 6.56. The van der Waals surface area contributed by atoms with Crippen LogP contribution in [-0.2, 0) is 28.7 Å². The highest BCUT2D eigenvalue weighted by atomic mass is 16.6. The maximum absolute atomic E-state index is 11.0. The molecule has 0 aromatic carbocycles. The fourth-order valence-electron chi connectivity index (χ4n) is 0.906. The Kier molecular flexibility index (Phi) is 13.8. The SMILES string of the molecule is C=C(C)C(=O)CC(=O)OCCOCC.O=C(O)CCC(=O)O. The minimum atomic E-state index is -1.08. The Morgan fingerprint density at radius 1 is 1.00 bits per heavy atom. The normalized spacial score (nSPS) is 9.18. The molecule has 0 spiro atoms. The predicted octanol–water partition coefficient (Wildman–Crippen LogP) is 1.04. The molecule has 0 saturated carbocycles. The van der Waals surface area contributed by atoms with Crippen molar-refractivity contribution < 1.29 is 38.9 Å². The molecule has 0 aromatic rings. The zero-order chi connectivity index (χ0) is 17.5. The Balaban J connectivity index is 0. The van der Waals surface area contributed by atoms with Crippen molar-refractivity contribution in [2.24, 2.45) is 0 Å². The fourth-order valence-corrected chi connectivity index (χ4v) is 0.906. The van der Waals surface area contributed by atoms with Crippen LogP contribution in [0.25, 0.3) is 0 Å². The Bertz CT molecular complexity index is 386. The number of hydrogen-bond acceptors (Lipinski definition) is 6. The number of ketones is 1. The van der Waals surface area contributed by atoms with Gasteiger partial charge in [0.15, 0.2) is 5.78 Å². The van der Waals surface area contributed by atoms with Gasteiger partial charge in [-0.2, -0.15) is 0 Å². The molecule has 22 heavy (non-hydrogen) atoms. The van der Waals surface area contributed by atoms with Gasteiger partial charge in [-0.15, -0.1) is 0 Å². The van der Waals surface area contributed by atoms with Crippen LogP contribution >= 0.6 is 0 Å². The number of hydrogen-bond donors (Lipinski definition) is 2. The molecule has 0 aromatic heterocycles. The van der Waals surface area contributed by atoms with Crippen LogP contribution < -0.4 is 0 Å². The quantitative estimate of drug-likeness (QED) is 0.265. The van der Waals surface area contributed by atoms with Crippen molar-refractivity contribution in [1.82, 2.24) is 0 Å². The zero-order valence-electron chi connectivity index (χ0n) is 12.8. The van der Waals surface area contributed by atoms with E-state index in [0.717, 1.165) is 0 Å². The molecule has 0 aliphatic rings. The van der Waals surface area contributed by atoms with Gasteiger partial charge in [-0.3, -0.25) is 19.2 Å². The van der Waals surface area contributed by atoms with Crippen LogP contribution in [0.3, 0.4) is 0 Å². The van der Waals surface area contributed by atoms with E-state index < -0.39 is 17.9 Å². The summed E-state index contributed by atoms with van der Waals surface area (Å²) in [6.45, 7) is 8.00. The maximum Gasteiger partial charge on any atom is 0.313 e. The molecule has 8 nitrogen and oxygen atoms in total. The monoisotopic (exact) mass is 318 g/mol. The number of Topliss-reactive ketones (excluding diaryl/α,β-unsaturated/α-hetero) is 1. The topological polar surface area (TPSA) is 127 Å². The van der Waals surface area contributed by atoms with Crippen molar-refractivity contribution in [3.05, 3.63) is 12.2 Å². The molecule has 8 heteroatoms. The fraction of sp³-hybridized carbons (Fsp3) is 0.571. The smallest absolute Gasteiger partial charge is 0.313 e. The molecule has 0 unspecified atom stereocenters. The second kappa shape index (κ2) is 13.7. The number of ether oxygens (including phenoxy) is 2. The number of carbonyl (C=O) groups excluding carboxylic acids is 2. The lowest BCUT2D eigenvalue weighted by molar-refractivity contribution is -0.147. The van der Waals surface area contributed by atoms with E-state index in [4.69, 9.17) is 19.7 Å². The van der Waals surface area contributed by atoms with Crippen LogP contribution in [-0.4, -0.2) is 53.7 Å². The Morgan fingerprint density at radius 2 is 1.50 bits per heavy atom. The first kappa shape index (κ1) is 22.1. The molecule has 0 amide bonds. The summed E-state index contributed by atoms with van der Waals surface area (Å²) >= 11 is 0. The lowest BCUT2D eigenvalue weighted by atomic mass is 10.2. The summed E-state index contributed by atoms with van der Waals surface area (Å²) in [4.78, 5) is 41.3. The van der Waals surface area contributed by atoms with Crippen molar-refractivity contribution in [3.8, 4) is 0 Å². The van der Waals surface area contributed by atoms with Crippen LogP contribution in [0.1, 0.15) is 33.1 Å². The summed E-state index contributed by atoms with van der Waals surface area (Å²) in [5, 5.41) is 15.8. The van der Waals surface area contributed by atoms with Gasteiger partial charge in [-0.25, -0.2) is 0 Å². The van der Waals surface area contributed by atoms with Gasteiger partial charge in [0.05, 0.1) is 19.4 Å². The third-order valence-corrected chi connectivity index (χ3v) is 2.03. The molecule has 126 valence electrons. The summed E-state index contributed by atoms with van der Waals surface area (Å²) in [6.07, 6.45) is -0.827. The lowest BCUT2D eigenvalue weighted by Crippen LogP contribution is -2.14. The summed E-state index contributed by atoms with van der Waals surface area (Å²) in [7, 11) is 0. The number of rotatable bonds is 10. The number of allylic oxidation sites excluding steroid dienone is 1. The van der Waals surface area contributed by atoms with Crippen molar-refractivity contribution in [2.75, 3.05) is 19.8 Å². The number of aliphatic carboxylic acids is 2. The first-order chi connectivity index (χ1) is 10.2. The van der Waals surface area contributed by atoms with E-state index in [1.54, 1.807) is 6.92 Å². The van der Waals surface area contributed by atoms with Gasteiger partial charge < -0.3 is 19.7 Å². The Morgan fingerprint density at radius 3 is 1.86 bits per heavy atom. The number of carboxylic acids is 2. The Labute approximate surface area is 128 Å². The van der Waals surface area contributed by atoms with Crippen LogP contribution in [0.4, 0.5) is 0 Å². The highest BCUT2D eigenvalue weighted by molar-refractivity contribution is 6.04. The van der Waals surface area contributed by atoms with Gasteiger partial charge in [-0.1, -0.05) is 6.58 Å². The molecule has 0 bridgehead atoms. The minimum absolute atomic E-state index is 0.191. The third-order valence-electron chi connectivity index (χ3n) is 2.03. The van der Waals surface area contributed by atoms with E-state index in [0.29, 0.717) is 18.8 Å². The number of carbonyl (C=O) groups is 4. The van der Waals surface area contributed by atoms with E-state index in [2.05, 4.69) is 6.58 Å². The average molecular weight is 318 g/mol. The molecule has 0 rings (SSSR count). The lowest BCUT2D eigenvalue weighted by Gasteiger charge is -2.03. The van der Waals surface area contributed by atoms with E-state index in [1.807, 2.05) is 6.92 Å². The molecule has 0 radical (unpaired) electrons. The first-order valence-corrected chi connectivity index (χ1v) is 6.56. The van der Waals surface area contributed by atoms with E-state index in [9.17, 15) is 19.2 Å². The van der Waals surface area contributed by atoms with Crippen LogP contribution in [0.15, 0.2) is 12.2 Å². The second-order valence-electron chi connectivity index (χ2n) is 4.09. The van der Waals surface area contributed by atoms with Gasteiger partial charge in [0.25, 0.3) is 0 Å². The Hall–Kier alpha value is -2.22. The van der Waals surface area contributed by atoms with Crippen LogP contribution in [0.5, 0.6) is 0 Å². The van der Waals surface area contributed by atoms with Crippen LogP contribution in [0, 0.1) is 0 Å². The summed E-state index contributed by atoms with van der Waals surface area (Å²) in [6, 6.07) is 0. The average Bonchev–Trinajstić information content (AvgIpc) is 2.42. The predicted molar refractivity (Wildman–Crippen MR) is 76.4 cm³/mol. The highest BCUT2D eigenvalue weighted by Crippen LogP contribution is 1.97. The molecular formula is C14H22O8. The largest absolute Gasteiger partial charge is 0.481 e. The number of carboxylic acid groups (broad SMARTS) is 2. The zero-order valence-corrected chi connectivity index (χ0v) is 12.8. The molecule has 0 fully saturated rings. The molecule has 2 N–H and O–H groups in total. The summed E-state index contributed by atoms with van der Waals surface area (Å²) in [5.74, 6) is -2.97. The van der Waals surface area contributed by atoms with Gasteiger partial charge in [0.1, 0.15) is 13.0 Å². The van der Waals surface area contributed by atoms with Crippen molar-refractivity contribution in [1.29, 1.82) is 0 Å². The summed E-state index contributed by atoms with van der Waals surface area (Å²) < 4.78 is 9.70. The van der Waals surface area contributed by atoms with Gasteiger partial charge in [-0.05, 0) is 19.4 Å². The molecule has 0 aliphatic carbocycles. The molecule has 0 saturated heterocycles. The molecular weight excluding hydrogens is 296 g/mol. The molecule has 0 atom stereocenters. The highest BCUT2D eigenvalue weighted by Gasteiger charge is 2.10. The van der Waals surface area contributed by atoms with Crippen molar-refractivity contribution >= 4 is 23.7 Å². The van der Waals surface area contributed by atoms with Gasteiger partial charge >= 0.3 is 17.9 Å². The van der Waals surface area contributed by atoms with Gasteiger partial charge in [0, 0.05) is 6.61 Å². The van der Waals surface area contributed by atoms with Crippen LogP contribution in [0.2, 0.25) is 0 Å². The van der Waals surface area contributed by atoms with E-state index in [1.165, 1.54) is 0 Å². The molecule has 0 aliphatic heterocycles. The number of esters is 1. The maximum atomic E-state index is 11.0. The standard InChI is InChI=1S/C10H16O4.C4H6O4/c1-4-13-5-6-14-10(12)7-9(11)8(2)3;5-3(6)1-2-4(7)8/h2,4-7H2,1,3H3;1-2H2,(H,5,6)(H,7,8). The van der Waals surface area contributed by atoms with E-state index in [-0.39, 0.29) is 31.7 Å². The van der Waals surface area contributed by atoms with Crippen molar-refractivity contribution in [2.45, 2.75) is 33.1 Å². The second-order valence-corrected chi connectivity index (χ2v) is 4.09.